The minimum atomic E-state index is 0.161. The third-order valence-corrected chi connectivity index (χ3v) is 4.16. The van der Waals surface area contributed by atoms with Gasteiger partial charge in [0.25, 0.3) is 5.56 Å². The summed E-state index contributed by atoms with van der Waals surface area (Å²) in [6.07, 6.45) is 2.22. The molecule has 1 aliphatic rings. The molecule has 22 heavy (non-hydrogen) atoms. The van der Waals surface area contributed by atoms with Gasteiger partial charge < -0.3 is 9.88 Å². The molecular weight excluding hydrogens is 272 g/mol. The molecule has 0 radical (unpaired) electrons. The number of benzene rings is 1. The molecule has 1 aliphatic carbocycles. The van der Waals surface area contributed by atoms with Crippen LogP contribution in [0.1, 0.15) is 43.9 Å². The number of rotatable bonds is 5. The first kappa shape index (κ1) is 15.0. The Kier molecular flexibility index (Phi) is 4.16. The quantitative estimate of drug-likeness (QED) is 0.913. The summed E-state index contributed by atoms with van der Waals surface area (Å²) in [5.74, 6) is 0. The lowest BCUT2D eigenvalue weighted by Crippen LogP contribution is -2.30. The first-order valence-corrected chi connectivity index (χ1v) is 8.11. The van der Waals surface area contributed by atoms with E-state index in [-0.39, 0.29) is 5.56 Å². The number of hydrogen-bond donors (Lipinski definition) is 1. The van der Waals surface area contributed by atoms with Gasteiger partial charge in [-0.15, -0.1) is 0 Å². The van der Waals surface area contributed by atoms with Gasteiger partial charge in [-0.3, -0.25) is 4.79 Å². The SMILES string of the molecule is Cc1ccc(-c2ccc(CNC(C)C)c(=O)n2C2CC2)cc1. The summed E-state index contributed by atoms with van der Waals surface area (Å²) in [6.45, 7) is 6.91. The second-order valence-electron chi connectivity index (χ2n) is 6.55. The standard InChI is InChI=1S/C19H24N2O/c1-13(2)20-12-16-8-11-18(15-6-4-14(3)5-7-15)21(19(16)22)17-9-10-17/h4-8,11,13,17,20H,9-10,12H2,1-3H3. The molecule has 0 spiro atoms. The number of hydrogen-bond acceptors (Lipinski definition) is 2. The Hall–Kier alpha value is -1.87. The Morgan fingerprint density at radius 3 is 2.41 bits per heavy atom. The van der Waals surface area contributed by atoms with E-state index in [0.717, 1.165) is 29.7 Å². The zero-order chi connectivity index (χ0) is 15.7. The van der Waals surface area contributed by atoms with Crippen molar-refractivity contribution in [2.45, 2.75) is 52.2 Å². The van der Waals surface area contributed by atoms with Gasteiger partial charge in [0.05, 0.1) is 5.69 Å². The van der Waals surface area contributed by atoms with Crippen molar-refractivity contribution < 1.29 is 0 Å². The molecule has 3 rings (SSSR count). The Labute approximate surface area is 132 Å². The van der Waals surface area contributed by atoms with Crippen LogP contribution in [0.3, 0.4) is 0 Å². The minimum absolute atomic E-state index is 0.161. The molecule has 0 amide bonds. The second kappa shape index (κ2) is 6.09. The second-order valence-corrected chi connectivity index (χ2v) is 6.55. The molecule has 1 aromatic carbocycles. The van der Waals surface area contributed by atoms with Crippen LogP contribution in [0.25, 0.3) is 11.3 Å². The van der Waals surface area contributed by atoms with E-state index in [0.29, 0.717) is 18.6 Å². The number of nitrogens with one attached hydrogen (secondary N) is 1. The lowest BCUT2D eigenvalue weighted by molar-refractivity contribution is 0.579. The summed E-state index contributed by atoms with van der Waals surface area (Å²) in [5, 5.41) is 3.34. The van der Waals surface area contributed by atoms with Crippen LogP contribution in [0, 0.1) is 6.92 Å². The fourth-order valence-electron chi connectivity index (χ4n) is 2.70. The molecule has 0 aliphatic heterocycles. The van der Waals surface area contributed by atoms with Crippen molar-refractivity contribution in [2.75, 3.05) is 0 Å². The molecule has 0 bridgehead atoms. The Morgan fingerprint density at radius 1 is 1.14 bits per heavy atom. The van der Waals surface area contributed by atoms with Crippen molar-refractivity contribution in [3.8, 4) is 11.3 Å². The van der Waals surface area contributed by atoms with Crippen molar-refractivity contribution in [3.63, 3.8) is 0 Å². The molecule has 1 heterocycles. The van der Waals surface area contributed by atoms with Crippen LogP contribution in [-0.4, -0.2) is 10.6 Å². The molecular formula is C19H24N2O. The van der Waals surface area contributed by atoms with Gasteiger partial charge in [0.1, 0.15) is 0 Å². The molecule has 1 aromatic heterocycles. The number of aromatic nitrogens is 1. The van der Waals surface area contributed by atoms with E-state index in [1.54, 1.807) is 0 Å². The lowest BCUT2D eigenvalue weighted by Gasteiger charge is -2.15. The number of aryl methyl sites for hydroxylation is 1. The van der Waals surface area contributed by atoms with E-state index in [1.165, 1.54) is 5.56 Å². The van der Waals surface area contributed by atoms with Crippen LogP contribution in [0.4, 0.5) is 0 Å². The molecule has 1 saturated carbocycles. The molecule has 2 aromatic rings. The molecule has 0 atom stereocenters. The summed E-state index contributed by atoms with van der Waals surface area (Å²) in [4.78, 5) is 12.8. The molecule has 0 saturated heterocycles. The van der Waals surface area contributed by atoms with Crippen molar-refractivity contribution in [1.82, 2.24) is 9.88 Å². The van der Waals surface area contributed by atoms with Crippen LogP contribution in [-0.2, 0) is 6.54 Å². The van der Waals surface area contributed by atoms with E-state index < -0.39 is 0 Å². The third kappa shape index (κ3) is 3.14. The van der Waals surface area contributed by atoms with Crippen LogP contribution in [0.5, 0.6) is 0 Å². The fraction of sp³-hybridized carbons (Fsp3) is 0.421. The van der Waals surface area contributed by atoms with Gasteiger partial charge in [0, 0.05) is 24.2 Å². The van der Waals surface area contributed by atoms with E-state index in [1.807, 2.05) is 10.6 Å². The van der Waals surface area contributed by atoms with E-state index >= 15 is 0 Å². The molecule has 3 nitrogen and oxygen atoms in total. The maximum absolute atomic E-state index is 12.8. The van der Waals surface area contributed by atoms with Gasteiger partial charge in [0.2, 0.25) is 0 Å². The smallest absolute Gasteiger partial charge is 0.255 e. The first-order valence-electron chi connectivity index (χ1n) is 8.11. The van der Waals surface area contributed by atoms with E-state index in [9.17, 15) is 4.79 Å². The van der Waals surface area contributed by atoms with Crippen LogP contribution < -0.4 is 10.9 Å². The van der Waals surface area contributed by atoms with Crippen LogP contribution in [0.2, 0.25) is 0 Å². The molecule has 1 fully saturated rings. The highest BCUT2D eigenvalue weighted by Crippen LogP contribution is 2.37. The zero-order valence-electron chi connectivity index (χ0n) is 13.6. The number of pyridine rings is 1. The Balaban J connectivity index is 2.02. The van der Waals surface area contributed by atoms with Crippen molar-refractivity contribution >= 4 is 0 Å². The van der Waals surface area contributed by atoms with Crippen LogP contribution >= 0.6 is 0 Å². The summed E-state index contributed by atoms with van der Waals surface area (Å²) in [5.41, 5.74) is 4.42. The van der Waals surface area contributed by atoms with Gasteiger partial charge in [0.15, 0.2) is 0 Å². The minimum Gasteiger partial charge on any atom is -0.310 e. The molecule has 0 unspecified atom stereocenters. The summed E-state index contributed by atoms with van der Waals surface area (Å²) >= 11 is 0. The molecule has 3 heteroatoms. The predicted molar refractivity (Wildman–Crippen MR) is 91.1 cm³/mol. The summed E-state index contributed by atoms with van der Waals surface area (Å²) in [6, 6.07) is 13.3. The Morgan fingerprint density at radius 2 is 1.82 bits per heavy atom. The van der Waals surface area contributed by atoms with E-state index in [2.05, 4.69) is 56.4 Å². The first-order chi connectivity index (χ1) is 10.6. The average molecular weight is 296 g/mol. The topological polar surface area (TPSA) is 34.0 Å². The molecule has 1 N–H and O–H groups in total. The Bertz CT molecular complexity index is 709. The normalized spacial score (nSPS) is 14.5. The highest BCUT2D eigenvalue weighted by molar-refractivity contribution is 5.60. The predicted octanol–water partition coefficient (Wildman–Crippen LogP) is 3.66. The van der Waals surface area contributed by atoms with Gasteiger partial charge >= 0.3 is 0 Å². The summed E-state index contributed by atoms with van der Waals surface area (Å²) in [7, 11) is 0. The third-order valence-electron chi connectivity index (χ3n) is 4.16. The van der Waals surface area contributed by atoms with E-state index in [4.69, 9.17) is 0 Å². The lowest BCUT2D eigenvalue weighted by atomic mass is 10.1. The van der Waals surface area contributed by atoms with Crippen LogP contribution in [0.15, 0.2) is 41.2 Å². The van der Waals surface area contributed by atoms with Crippen molar-refractivity contribution in [1.29, 1.82) is 0 Å². The largest absolute Gasteiger partial charge is 0.310 e. The van der Waals surface area contributed by atoms with Gasteiger partial charge in [-0.25, -0.2) is 0 Å². The van der Waals surface area contributed by atoms with Gasteiger partial charge in [-0.2, -0.15) is 0 Å². The average Bonchev–Trinajstić information content (AvgIpc) is 3.31. The maximum atomic E-state index is 12.8. The van der Waals surface area contributed by atoms with Crippen molar-refractivity contribution in [3.05, 3.63) is 57.9 Å². The van der Waals surface area contributed by atoms with Crippen molar-refractivity contribution in [2.24, 2.45) is 0 Å². The number of nitrogens with zero attached hydrogens (tertiary/aromatic N) is 1. The molecule has 116 valence electrons. The summed E-state index contributed by atoms with van der Waals surface area (Å²) < 4.78 is 2.00. The maximum Gasteiger partial charge on any atom is 0.255 e. The monoisotopic (exact) mass is 296 g/mol. The van der Waals surface area contributed by atoms with Gasteiger partial charge in [-0.1, -0.05) is 49.7 Å². The zero-order valence-corrected chi connectivity index (χ0v) is 13.6. The highest BCUT2D eigenvalue weighted by atomic mass is 16.1. The fourth-order valence-corrected chi connectivity index (χ4v) is 2.70. The highest BCUT2D eigenvalue weighted by Gasteiger charge is 2.27. The van der Waals surface area contributed by atoms with Gasteiger partial charge in [-0.05, 0) is 31.4 Å².